The smallest absolute Gasteiger partial charge is 0.0107 e. The fourth-order valence-corrected chi connectivity index (χ4v) is 3.57. The van der Waals surface area contributed by atoms with Crippen molar-refractivity contribution in [3.63, 3.8) is 0 Å². The van der Waals surface area contributed by atoms with Crippen LogP contribution in [-0.2, 0) is 0 Å². The maximum atomic E-state index is 3.53. The summed E-state index contributed by atoms with van der Waals surface area (Å²) in [6.45, 7) is 11.1. The molecule has 0 radical (unpaired) electrons. The maximum Gasteiger partial charge on any atom is 0.0107 e. The summed E-state index contributed by atoms with van der Waals surface area (Å²) in [4.78, 5) is 2.68. The van der Waals surface area contributed by atoms with Gasteiger partial charge in [-0.1, -0.05) is 33.1 Å². The minimum atomic E-state index is 0.822. The van der Waals surface area contributed by atoms with Crippen molar-refractivity contribution in [3.8, 4) is 0 Å². The molecule has 1 saturated heterocycles. The van der Waals surface area contributed by atoms with Crippen LogP contribution in [0.15, 0.2) is 0 Å². The van der Waals surface area contributed by atoms with Gasteiger partial charge in [0.1, 0.15) is 0 Å². The lowest BCUT2D eigenvalue weighted by Crippen LogP contribution is -2.32. The van der Waals surface area contributed by atoms with Gasteiger partial charge in [0.2, 0.25) is 0 Å². The highest BCUT2D eigenvalue weighted by atomic mass is 15.2. The standard InChI is InChI=1S/C15H30N2/c1-13-4-3-5-15(10-13)6-8-17-9-7-16-11-14(2)12-17/h13-16H,3-12H2,1-2H3. The Kier molecular flexibility index (Phi) is 5.30. The van der Waals surface area contributed by atoms with Crippen LogP contribution in [0.4, 0.5) is 0 Å². The van der Waals surface area contributed by atoms with E-state index in [1.807, 2.05) is 0 Å². The molecular weight excluding hydrogens is 208 g/mol. The van der Waals surface area contributed by atoms with Gasteiger partial charge < -0.3 is 10.2 Å². The fraction of sp³-hybridized carbons (Fsp3) is 1.00. The summed E-state index contributed by atoms with van der Waals surface area (Å²) < 4.78 is 0. The Labute approximate surface area is 107 Å². The van der Waals surface area contributed by atoms with Gasteiger partial charge in [-0.2, -0.15) is 0 Å². The molecule has 1 N–H and O–H groups in total. The molecule has 0 aromatic rings. The van der Waals surface area contributed by atoms with Crippen LogP contribution in [0.25, 0.3) is 0 Å². The first-order chi connectivity index (χ1) is 8.24. The molecular formula is C15H30N2. The summed E-state index contributed by atoms with van der Waals surface area (Å²) in [5.41, 5.74) is 0. The van der Waals surface area contributed by atoms with E-state index >= 15 is 0 Å². The zero-order valence-corrected chi connectivity index (χ0v) is 11.8. The molecule has 1 aliphatic heterocycles. The Hall–Kier alpha value is -0.0800. The van der Waals surface area contributed by atoms with E-state index < -0.39 is 0 Å². The molecule has 3 atom stereocenters. The highest BCUT2D eigenvalue weighted by Gasteiger charge is 2.20. The Morgan fingerprint density at radius 3 is 2.88 bits per heavy atom. The quantitative estimate of drug-likeness (QED) is 0.813. The van der Waals surface area contributed by atoms with Crippen molar-refractivity contribution in [1.82, 2.24) is 10.2 Å². The van der Waals surface area contributed by atoms with Crippen molar-refractivity contribution in [2.75, 3.05) is 32.7 Å². The largest absolute Gasteiger partial charge is 0.315 e. The number of hydrogen-bond donors (Lipinski definition) is 1. The number of hydrogen-bond acceptors (Lipinski definition) is 2. The molecule has 2 rings (SSSR count). The lowest BCUT2D eigenvalue weighted by atomic mass is 9.81. The molecule has 17 heavy (non-hydrogen) atoms. The van der Waals surface area contributed by atoms with Gasteiger partial charge in [-0.05, 0) is 43.7 Å². The van der Waals surface area contributed by atoms with Crippen LogP contribution >= 0.6 is 0 Å². The zero-order chi connectivity index (χ0) is 12.1. The van der Waals surface area contributed by atoms with Crippen molar-refractivity contribution in [2.45, 2.75) is 46.0 Å². The van der Waals surface area contributed by atoms with Crippen LogP contribution in [0.3, 0.4) is 0 Å². The molecule has 1 aliphatic carbocycles. The van der Waals surface area contributed by atoms with Crippen LogP contribution in [-0.4, -0.2) is 37.6 Å². The second kappa shape index (κ2) is 6.75. The average molecular weight is 238 g/mol. The van der Waals surface area contributed by atoms with Gasteiger partial charge in [-0.15, -0.1) is 0 Å². The van der Waals surface area contributed by atoms with Crippen molar-refractivity contribution in [2.24, 2.45) is 17.8 Å². The highest BCUT2D eigenvalue weighted by molar-refractivity contribution is 4.75. The van der Waals surface area contributed by atoms with Crippen molar-refractivity contribution >= 4 is 0 Å². The van der Waals surface area contributed by atoms with Crippen molar-refractivity contribution in [3.05, 3.63) is 0 Å². The average Bonchev–Trinajstić information content (AvgIpc) is 2.51. The number of nitrogens with zero attached hydrogens (tertiary/aromatic N) is 1. The van der Waals surface area contributed by atoms with E-state index in [2.05, 4.69) is 24.1 Å². The first-order valence-electron chi connectivity index (χ1n) is 7.67. The normalized spacial score (nSPS) is 36.7. The SMILES string of the molecule is CC1CCCC(CCN2CCNCC(C)C2)C1. The third kappa shape index (κ3) is 4.59. The minimum Gasteiger partial charge on any atom is -0.315 e. The first-order valence-corrected chi connectivity index (χ1v) is 7.67. The third-order valence-corrected chi connectivity index (χ3v) is 4.57. The van der Waals surface area contributed by atoms with Gasteiger partial charge in [0.15, 0.2) is 0 Å². The topological polar surface area (TPSA) is 15.3 Å². The van der Waals surface area contributed by atoms with Gasteiger partial charge in [-0.3, -0.25) is 0 Å². The summed E-state index contributed by atoms with van der Waals surface area (Å²) in [6, 6.07) is 0. The number of nitrogens with one attached hydrogen (secondary N) is 1. The highest BCUT2D eigenvalue weighted by Crippen LogP contribution is 2.30. The molecule has 2 nitrogen and oxygen atoms in total. The van der Waals surface area contributed by atoms with Gasteiger partial charge in [0.25, 0.3) is 0 Å². The molecule has 2 fully saturated rings. The van der Waals surface area contributed by atoms with E-state index in [1.165, 1.54) is 64.8 Å². The Morgan fingerprint density at radius 2 is 2.06 bits per heavy atom. The zero-order valence-electron chi connectivity index (χ0n) is 11.8. The molecule has 100 valence electrons. The molecule has 3 unspecified atom stereocenters. The Bertz CT molecular complexity index is 217. The second-order valence-corrected chi connectivity index (χ2v) is 6.54. The second-order valence-electron chi connectivity index (χ2n) is 6.54. The van der Waals surface area contributed by atoms with Crippen LogP contribution in [0.2, 0.25) is 0 Å². The van der Waals surface area contributed by atoms with E-state index in [0.717, 1.165) is 17.8 Å². The lowest BCUT2D eigenvalue weighted by molar-refractivity contribution is 0.208. The predicted molar refractivity (Wildman–Crippen MR) is 74.2 cm³/mol. The van der Waals surface area contributed by atoms with Crippen molar-refractivity contribution in [1.29, 1.82) is 0 Å². The molecule has 0 aromatic heterocycles. The first kappa shape index (κ1) is 13.4. The van der Waals surface area contributed by atoms with Gasteiger partial charge in [-0.25, -0.2) is 0 Å². The summed E-state index contributed by atoms with van der Waals surface area (Å²) in [5.74, 6) is 2.83. The van der Waals surface area contributed by atoms with Gasteiger partial charge >= 0.3 is 0 Å². The van der Waals surface area contributed by atoms with Gasteiger partial charge in [0, 0.05) is 19.6 Å². The van der Waals surface area contributed by atoms with Crippen LogP contribution in [0, 0.1) is 17.8 Å². The molecule has 1 heterocycles. The maximum absolute atomic E-state index is 3.53. The monoisotopic (exact) mass is 238 g/mol. The van der Waals surface area contributed by atoms with E-state index in [0.29, 0.717) is 0 Å². The summed E-state index contributed by atoms with van der Waals surface area (Å²) >= 11 is 0. The van der Waals surface area contributed by atoms with E-state index in [-0.39, 0.29) is 0 Å². The fourth-order valence-electron chi connectivity index (χ4n) is 3.57. The summed E-state index contributed by atoms with van der Waals surface area (Å²) in [7, 11) is 0. The molecule has 0 spiro atoms. The van der Waals surface area contributed by atoms with E-state index in [9.17, 15) is 0 Å². The van der Waals surface area contributed by atoms with E-state index in [4.69, 9.17) is 0 Å². The van der Waals surface area contributed by atoms with E-state index in [1.54, 1.807) is 0 Å². The Balaban J connectivity index is 1.69. The molecule has 2 heteroatoms. The molecule has 0 amide bonds. The molecule has 0 aromatic carbocycles. The summed E-state index contributed by atoms with van der Waals surface area (Å²) in [5, 5.41) is 3.53. The Morgan fingerprint density at radius 1 is 1.18 bits per heavy atom. The summed E-state index contributed by atoms with van der Waals surface area (Å²) in [6.07, 6.45) is 7.37. The van der Waals surface area contributed by atoms with Gasteiger partial charge in [0.05, 0.1) is 0 Å². The van der Waals surface area contributed by atoms with Crippen molar-refractivity contribution < 1.29 is 0 Å². The molecule has 1 saturated carbocycles. The van der Waals surface area contributed by atoms with Crippen LogP contribution < -0.4 is 5.32 Å². The molecule has 2 aliphatic rings. The number of rotatable bonds is 3. The predicted octanol–water partition coefficient (Wildman–Crippen LogP) is 2.74. The molecule has 0 bridgehead atoms. The third-order valence-electron chi connectivity index (χ3n) is 4.57. The minimum absolute atomic E-state index is 0.822. The lowest BCUT2D eigenvalue weighted by Gasteiger charge is -2.29. The van der Waals surface area contributed by atoms with Crippen LogP contribution in [0.5, 0.6) is 0 Å². The van der Waals surface area contributed by atoms with Crippen LogP contribution in [0.1, 0.15) is 46.0 Å².